The summed E-state index contributed by atoms with van der Waals surface area (Å²) in [6, 6.07) is 14.4. The molecular weight excluding hydrogens is 711 g/mol. The number of hydrogen-bond donors (Lipinski definition) is 3. The zero-order valence-electron chi connectivity index (χ0n) is 33.0. The van der Waals surface area contributed by atoms with Crippen molar-refractivity contribution in [2.24, 2.45) is 19.1 Å². The minimum atomic E-state index is -0.325. The third kappa shape index (κ3) is 9.64. The number of aryl methyl sites for hydroxylation is 3. The molecule has 13 heteroatoms. The van der Waals surface area contributed by atoms with Crippen LogP contribution in [0.5, 0.6) is 5.75 Å². The molecule has 3 N–H and O–H groups in total. The molecule has 56 heavy (non-hydrogen) atoms. The second-order valence-corrected chi connectivity index (χ2v) is 15.4. The molecule has 0 aliphatic carbocycles. The number of aromatic nitrogens is 2. The van der Waals surface area contributed by atoms with Crippen LogP contribution in [-0.2, 0) is 23.6 Å². The Morgan fingerprint density at radius 3 is 2.38 bits per heavy atom. The van der Waals surface area contributed by atoms with Gasteiger partial charge in [-0.1, -0.05) is 24.3 Å². The number of nitrogens with zero attached hydrogens (tertiary/aromatic N) is 4. The van der Waals surface area contributed by atoms with Crippen molar-refractivity contribution >= 4 is 46.9 Å². The Morgan fingerprint density at radius 1 is 0.893 bits per heavy atom. The lowest BCUT2D eigenvalue weighted by Crippen LogP contribution is -2.35. The Kier molecular flexibility index (Phi) is 11.9. The van der Waals surface area contributed by atoms with E-state index in [-0.39, 0.29) is 41.7 Å². The lowest BCUT2D eigenvalue weighted by molar-refractivity contribution is -0.116. The van der Waals surface area contributed by atoms with Crippen molar-refractivity contribution in [1.82, 2.24) is 19.4 Å². The van der Waals surface area contributed by atoms with E-state index in [4.69, 9.17) is 9.47 Å². The van der Waals surface area contributed by atoms with Crippen LogP contribution in [0, 0.1) is 6.92 Å². The number of carbonyl (C=O) groups excluding carboxylic acids is 4. The monoisotopic (exact) mass is 761 g/mol. The van der Waals surface area contributed by atoms with Gasteiger partial charge < -0.3 is 39.5 Å². The maximum absolute atomic E-state index is 13.2. The molecule has 0 spiro atoms. The first-order valence-corrected chi connectivity index (χ1v) is 18.9. The molecule has 2 aliphatic heterocycles. The Bertz CT molecular complexity index is 2170. The Hall–Kier alpha value is -5.95. The molecule has 0 bridgehead atoms. The van der Waals surface area contributed by atoms with E-state index in [1.165, 1.54) is 0 Å². The van der Waals surface area contributed by atoms with Crippen LogP contribution in [0.25, 0.3) is 11.1 Å². The Morgan fingerprint density at radius 2 is 1.62 bits per heavy atom. The first-order valence-electron chi connectivity index (χ1n) is 18.9. The lowest BCUT2D eigenvalue weighted by atomic mass is 10.1. The number of ether oxygens (including phenoxy) is 2. The fraction of sp³-hybridized carbons (Fsp3) is 0.372. The third-order valence-corrected chi connectivity index (χ3v) is 9.64. The first-order chi connectivity index (χ1) is 26.6. The molecule has 13 nitrogen and oxygen atoms in total. The number of anilines is 2. The van der Waals surface area contributed by atoms with Gasteiger partial charge >= 0.3 is 0 Å². The number of nitrogens with one attached hydrogen (secondary N) is 3. The normalized spacial score (nSPS) is 15.0. The van der Waals surface area contributed by atoms with Crippen LogP contribution in [0.2, 0.25) is 0 Å². The van der Waals surface area contributed by atoms with Gasteiger partial charge in [0, 0.05) is 76.1 Å². The predicted octanol–water partition coefficient (Wildman–Crippen LogP) is 6.81. The SMILES string of the molecule is C=C1CC2C=Nc3cc(OCCCC(=O)Nc4cc(C(=O)Nc5ccc(-c6cc(C(=O)NCCCOC(C)(C)C)n(C)c6)cc5)n(C)c4)c(C)cc3C(=O)N2C1. The summed E-state index contributed by atoms with van der Waals surface area (Å²) in [4.78, 5) is 58.4. The zero-order valence-corrected chi connectivity index (χ0v) is 33.0. The van der Waals surface area contributed by atoms with E-state index in [0.29, 0.717) is 72.5 Å². The van der Waals surface area contributed by atoms with Gasteiger partial charge in [-0.25, -0.2) is 0 Å². The number of carbonyl (C=O) groups is 4. The van der Waals surface area contributed by atoms with Gasteiger partial charge in [0.05, 0.1) is 35.2 Å². The van der Waals surface area contributed by atoms with Gasteiger partial charge in [-0.2, -0.15) is 0 Å². The van der Waals surface area contributed by atoms with Gasteiger partial charge in [-0.3, -0.25) is 24.2 Å². The molecule has 0 radical (unpaired) electrons. The second-order valence-electron chi connectivity index (χ2n) is 15.4. The molecule has 4 amide bonds. The highest BCUT2D eigenvalue weighted by Gasteiger charge is 2.34. The number of rotatable bonds is 14. The smallest absolute Gasteiger partial charge is 0.272 e. The van der Waals surface area contributed by atoms with Crippen molar-refractivity contribution in [1.29, 1.82) is 0 Å². The van der Waals surface area contributed by atoms with Gasteiger partial charge in [0.15, 0.2) is 0 Å². The van der Waals surface area contributed by atoms with E-state index in [1.54, 1.807) is 45.6 Å². The summed E-state index contributed by atoms with van der Waals surface area (Å²) < 4.78 is 15.2. The molecule has 1 unspecified atom stereocenters. The number of benzene rings is 2. The van der Waals surface area contributed by atoms with E-state index in [2.05, 4.69) is 27.5 Å². The van der Waals surface area contributed by atoms with E-state index >= 15 is 0 Å². The standard InChI is InChI=1S/C43H51N7O6/c1-27-18-33-23-45-35-22-38(28(2)19-34(35)42(54)50(33)24-27)55-16-8-10-39(51)46-32-21-37(49(7)26-32)41(53)47-31-13-11-29(12-14-31)30-20-36(48(6)25-30)40(52)44-15-9-17-56-43(3,4)5/h11-14,19-23,25-26,33H,1,8-10,15-18,24H2,2-7H3,(H,44,52)(H,46,51)(H,47,53). The third-order valence-electron chi connectivity index (χ3n) is 9.64. The molecule has 294 valence electrons. The van der Waals surface area contributed by atoms with Gasteiger partial charge in [-0.15, -0.1) is 0 Å². The maximum atomic E-state index is 13.2. The molecule has 1 atom stereocenters. The molecule has 4 heterocycles. The molecule has 4 aromatic rings. The summed E-state index contributed by atoms with van der Waals surface area (Å²) in [7, 11) is 3.58. The maximum Gasteiger partial charge on any atom is 0.272 e. The van der Waals surface area contributed by atoms with Gasteiger partial charge in [0.1, 0.15) is 17.1 Å². The van der Waals surface area contributed by atoms with Crippen LogP contribution in [0.4, 0.5) is 17.1 Å². The molecule has 0 saturated carbocycles. The van der Waals surface area contributed by atoms with Crippen molar-refractivity contribution in [3.8, 4) is 16.9 Å². The van der Waals surface area contributed by atoms with Crippen molar-refractivity contribution in [3.63, 3.8) is 0 Å². The van der Waals surface area contributed by atoms with E-state index in [9.17, 15) is 19.2 Å². The van der Waals surface area contributed by atoms with Crippen molar-refractivity contribution < 1.29 is 28.7 Å². The van der Waals surface area contributed by atoms with Gasteiger partial charge in [0.25, 0.3) is 17.7 Å². The Balaban J connectivity index is 0.958. The van der Waals surface area contributed by atoms with Gasteiger partial charge in [0.2, 0.25) is 5.91 Å². The van der Waals surface area contributed by atoms with E-state index in [1.807, 2.05) is 77.3 Å². The Labute approximate surface area is 327 Å². The topological polar surface area (TPSA) is 148 Å². The number of hydrogen-bond acceptors (Lipinski definition) is 7. The van der Waals surface area contributed by atoms with Crippen LogP contribution >= 0.6 is 0 Å². The van der Waals surface area contributed by atoms with Crippen LogP contribution < -0.4 is 20.7 Å². The van der Waals surface area contributed by atoms with E-state index < -0.39 is 0 Å². The molecule has 2 aromatic carbocycles. The minimum Gasteiger partial charge on any atom is -0.493 e. The van der Waals surface area contributed by atoms with Crippen molar-refractivity contribution in [2.75, 3.05) is 36.9 Å². The fourth-order valence-electron chi connectivity index (χ4n) is 6.75. The number of aliphatic imine (C=N–C) groups is 1. The summed E-state index contributed by atoms with van der Waals surface area (Å²) in [5, 5.41) is 8.75. The molecule has 1 fully saturated rings. The first kappa shape index (κ1) is 39.7. The molecule has 1 saturated heterocycles. The summed E-state index contributed by atoms with van der Waals surface area (Å²) in [5.41, 5.74) is 6.57. The van der Waals surface area contributed by atoms with Crippen LogP contribution in [-0.4, -0.2) is 81.8 Å². The molecule has 2 aliphatic rings. The largest absolute Gasteiger partial charge is 0.493 e. The van der Waals surface area contributed by atoms with E-state index in [0.717, 1.165) is 35.1 Å². The summed E-state index contributed by atoms with van der Waals surface area (Å²) in [6.07, 6.45) is 7.51. The minimum absolute atomic E-state index is 0.0562. The highest BCUT2D eigenvalue weighted by Crippen LogP contribution is 2.35. The highest BCUT2D eigenvalue weighted by molar-refractivity contribution is 6.05. The average Bonchev–Trinajstić information content (AvgIpc) is 3.82. The zero-order chi connectivity index (χ0) is 40.1. The summed E-state index contributed by atoms with van der Waals surface area (Å²) >= 11 is 0. The molecular formula is C43H51N7O6. The summed E-state index contributed by atoms with van der Waals surface area (Å²) in [6.45, 7) is 13.9. The average molecular weight is 762 g/mol. The predicted molar refractivity (Wildman–Crippen MR) is 218 cm³/mol. The van der Waals surface area contributed by atoms with Crippen LogP contribution in [0.3, 0.4) is 0 Å². The number of fused-ring (bicyclic) bond motifs is 2. The van der Waals surface area contributed by atoms with Gasteiger partial charge in [-0.05, 0) is 88.4 Å². The lowest BCUT2D eigenvalue weighted by Gasteiger charge is -2.20. The number of amides is 4. The molecule has 6 rings (SSSR count). The fourth-order valence-corrected chi connectivity index (χ4v) is 6.75. The highest BCUT2D eigenvalue weighted by atomic mass is 16.5. The second kappa shape index (κ2) is 16.8. The molecule has 2 aromatic heterocycles. The van der Waals surface area contributed by atoms with Crippen LogP contribution in [0.1, 0.15) is 83.4 Å². The summed E-state index contributed by atoms with van der Waals surface area (Å²) in [5.74, 6) is -0.115. The van der Waals surface area contributed by atoms with Crippen LogP contribution in [0.15, 0.2) is 78.1 Å². The quantitative estimate of drug-likeness (QED) is 0.0950. The van der Waals surface area contributed by atoms with Crippen molar-refractivity contribution in [2.45, 2.75) is 65.0 Å². The van der Waals surface area contributed by atoms with Crippen molar-refractivity contribution in [3.05, 3.63) is 95.6 Å².